The summed E-state index contributed by atoms with van der Waals surface area (Å²) in [6.07, 6.45) is 1.66. The van der Waals surface area contributed by atoms with Crippen molar-refractivity contribution in [2.45, 2.75) is 20.8 Å². The van der Waals surface area contributed by atoms with Gasteiger partial charge in [0.1, 0.15) is 5.69 Å². The Morgan fingerprint density at radius 3 is 2.47 bits per heavy atom. The zero-order chi connectivity index (χ0) is 12.4. The average Bonchev–Trinajstić information content (AvgIpc) is 2.29. The molecule has 0 unspecified atom stereocenters. The van der Waals surface area contributed by atoms with Crippen LogP contribution in [0.25, 0.3) is 0 Å². The summed E-state index contributed by atoms with van der Waals surface area (Å²) >= 11 is 0. The van der Waals surface area contributed by atoms with Crippen LogP contribution < -0.4 is 0 Å². The molecule has 0 atom stereocenters. The number of aryl methyl sites for hydroxylation is 3. The number of carbonyl (C=O) groups is 1. The fraction of sp³-hybridized carbons (Fsp3) is 0.200. The largest absolute Gasteiger partial charge is 0.287 e. The van der Waals surface area contributed by atoms with Crippen molar-refractivity contribution in [2.24, 2.45) is 0 Å². The van der Waals surface area contributed by atoms with Crippen molar-refractivity contribution in [3.63, 3.8) is 0 Å². The van der Waals surface area contributed by atoms with Crippen molar-refractivity contribution in [3.05, 3.63) is 64.5 Å². The molecule has 0 saturated heterocycles. The van der Waals surface area contributed by atoms with Gasteiger partial charge < -0.3 is 0 Å². The Bertz CT molecular complexity index is 573. The minimum Gasteiger partial charge on any atom is -0.287 e. The predicted octanol–water partition coefficient (Wildman–Crippen LogP) is 3.24. The number of carbonyl (C=O) groups excluding carboxylic acids is 1. The average molecular weight is 225 g/mol. The first kappa shape index (κ1) is 11.5. The van der Waals surface area contributed by atoms with Gasteiger partial charge in [-0.2, -0.15) is 0 Å². The molecule has 1 aromatic heterocycles. The van der Waals surface area contributed by atoms with Crippen molar-refractivity contribution in [1.82, 2.24) is 4.98 Å². The van der Waals surface area contributed by atoms with Crippen LogP contribution in [-0.4, -0.2) is 10.8 Å². The third-order valence-corrected chi connectivity index (χ3v) is 2.85. The van der Waals surface area contributed by atoms with Crippen LogP contribution in [0.1, 0.15) is 32.7 Å². The van der Waals surface area contributed by atoms with E-state index in [2.05, 4.69) is 4.98 Å². The van der Waals surface area contributed by atoms with Gasteiger partial charge in [0, 0.05) is 11.8 Å². The first-order valence-corrected chi connectivity index (χ1v) is 5.63. The van der Waals surface area contributed by atoms with E-state index in [1.807, 2.05) is 51.1 Å². The van der Waals surface area contributed by atoms with Gasteiger partial charge >= 0.3 is 0 Å². The summed E-state index contributed by atoms with van der Waals surface area (Å²) in [7, 11) is 0. The number of hydrogen-bond acceptors (Lipinski definition) is 2. The zero-order valence-corrected chi connectivity index (χ0v) is 10.3. The van der Waals surface area contributed by atoms with Gasteiger partial charge in [0.25, 0.3) is 0 Å². The minimum atomic E-state index is 0.000556. The van der Waals surface area contributed by atoms with E-state index >= 15 is 0 Å². The van der Waals surface area contributed by atoms with Crippen LogP contribution in [0, 0.1) is 20.8 Å². The number of pyridine rings is 1. The molecule has 2 heteroatoms. The monoisotopic (exact) mass is 225 g/mol. The molecule has 0 aliphatic heterocycles. The molecule has 86 valence electrons. The normalized spacial score (nSPS) is 10.3. The Morgan fingerprint density at radius 2 is 1.82 bits per heavy atom. The summed E-state index contributed by atoms with van der Waals surface area (Å²) in [5.41, 5.74) is 4.35. The van der Waals surface area contributed by atoms with Crippen molar-refractivity contribution >= 4 is 5.78 Å². The molecule has 0 aliphatic carbocycles. The second-order valence-electron chi connectivity index (χ2n) is 4.32. The Labute approximate surface area is 101 Å². The fourth-order valence-electron chi connectivity index (χ4n) is 1.92. The lowest BCUT2D eigenvalue weighted by Crippen LogP contribution is -2.08. The minimum absolute atomic E-state index is 0.000556. The van der Waals surface area contributed by atoms with E-state index < -0.39 is 0 Å². The Balaban J connectivity index is 2.48. The van der Waals surface area contributed by atoms with Crippen LogP contribution >= 0.6 is 0 Å². The van der Waals surface area contributed by atoms with E-state index in [1.165, 1.54) is 0 Å². The molecule has 1 heterocycles. The molecule has 0 amide bonds. The van der Waals surface area contributed by atoms with E-state index in [0.717, 1.165) is 22.3 Å². The molecule has 0 radical (unpaired) electrons. The molecule has 2 aromatic rings. The van der Waals surface area contributed by atoms with Gasteiger partial charge in [0.15, 0.2) is 0 Å². The van der Waals surface area contributed by atoms with Gasteiger partial charge in [-0.1, -0.05) is 29.8 Å². The Hall–Kier alpha value is -1.96. The summed E-state index contributed by atoms with van der Waals surface area (Å²) in [5, 5.41) is 0. The first-order chi connectivity index (χ1) is 8.09. The first-order valence-electron chi connectivity index (χ1n) is 5.63. The highest BCUT2D eigenvalue weighted by molar-refractivity contribution is 6.09. The summed E-state index contributed by atoms with van der Waals surface area (Å²) in [4.78, 5) is 16.5. The highest BCUT2D eigenvalue weighted by Gasteiger charge is 2.14. The molecule has 0 spiro atoms. The van der Waals surface area contributed by atoms with Crippen LogP contribution in [0.4, 0.5) is 0 Å². The topological polar surface area (TPSA) is 30.0 Å². The van der Waals surface area contributed by atoms with E-state index in [0.29, 0.717) is 5.69 Å². The Kier molecular flexibility index (Phi) is 3.05. The fourth-order valence-corrected chi connectivity index (χ4v) is 1.92. The summed E-state index contributed by atoms with van der Waals surface area (Å²) < 4.78 is 0. The molecule has 1 aromatic carbocycles. The van der Waals surface area contributed by atoms with Gasteiger partial charge in [-0.3, -0.25) is 9.78 Å². The molecule has 2 rings (SSSR count). The van der Waals surface area contributed by atoms with E-state index in [-0.39, 0.29) is 5.78 Å². The lowest BCUT2D eigenvalue weighted by Gasteiger charge is -2.07. The number of ketones is 1. The van der Waals surface area contributed by atoms with Gasteiger partial charge in [-0.25, -0.2) is 0 Å². The number of aromatic nitrogens is 1. The summed E-state index contributed by atoms with van der Waals surface area (Å²) in [5.74, 6) is 0.000556. The number of nitrogens with zero attached hydrogens (tertiary/aromatic N) is 1. The quantitative estimate of drug-likeness (QED) is 0.734. The number of hydrogen-bond donors (Lipinski definition) is 0. The van der Waals surface area contributed by atoms with Gasteiger partial charge in [-0.05, 0) is 38.0 Å². The highest BCUT2D eigenvalue weighted by Crippen LogP contribution is 2.16. The van der Waals surface area contributed by atoms with Crippen molar-refractivity contribution in [1.29, 1.82) is 0 Å². The lowest BCUT2D eigenvalue weighted by atomic mass is 9.98. The molecule has 0 bridgehead atoms. The van der Waals surface area contributed by atoms with Crippen molar-refractivity contribution in [3.8, 4) is 0 Å². The maximum Gasteiger partial charge on any atom is 0.211 e. The van der Waals surface area contributed by atoms with E-state index in [1.54, 1.807) is 6.20 Å². The second-order valence-corrected chi connectivity index (χ2v) is 4.32. The summed E-state index contributed by atoms with van der Waals surface area (Å²) in [6, 6.07) is 9.60. The lowest BCUT2D eigenvalue weighted by molar-refractivity contribution is 0.103. The van der Waals surface area contributed by atoms with Crippen LogP contribution in [-0.2, 0) is 0 Å². The molecule has 2 nitrogen and oxygen atoms in total. The molecule has 17 heavy (non-hydrogen) atoms. The van der Waals surface area contributed by atoms with Crippen molar-refractivity contribution < 1.29 is 4.79 Å². The number of rotatable bonds is 2. The van der Waals surface area contributed by atoms with Crippen molar-refractivity contribution in [2.75, 3.05) is 0 Å². The predicted molar refractivity (Wildman–Crippen MR) is 68.3 cm³/mol. The molecule has 0 aliphatic rings. The summed E-state index contributed by atoms with van der Waals surface area (Å²) in [6.45, 7) is 5.88. The van der Waals surface area contributed by atoms with Crippen LogP contribution in [0.5, 0.6) is 0 Å². The Morgan fingerprint density at radius 1 is 1.06 bits per heavy atom. The molecule has 0 fully saturated rings. The third-order valence-electron chi connectivity index (χ3n) is 2.85. The van der Waals surface area contributed by atoms with E-state index in [9.17, 15) is 4.79 Å². The molecular weight excluding hydrogens is 210 g/mol. The second kappa shape index (κ2) is 4.50. The van der Waals surface area contributed by atoms with Crippen LogP contribution in [0.15, 0.2) is 36.5 Å². The highest BCUT2D eigenvalue weighted by atomic mass is 16.1. The van der Waals surface area contributed by atoms with Crippen LogP contribution in [0.2, 0.25) is 0 Å². The SMILES string of the molecule is Cc1ccc(C(=O)c2ncccc2C)c(C)c1. The van der Waals surface area contributed by atoms with Gasteiger partial charge in [0.05, 0.1) is 0 Å². The molecule has 0 N–H and O–H groups in total. The standard InChI is InChI=1S/C15H15NO/c1-10-6-7-13(12(3)9-10)15(17)14-11(2)5-4-8-16-14/h4-9H,1-3H3. The smallest absolute Gasteiger partial charge is 0.211 e. The maximum absolute atomic E-state index is 12.3. The molecule has 0 saturated carbocycles. The van der Waals surface area contributed by atoms with Gasteiger partial charge in [0.2, 0.25) is 5.78 Å². The van der Waals surface area contributed by atoms with Crippen LogP contribution in [0.3, 0.4) is 0 Å². The third kappa shape index (κ3) is 2.26. The maximum atomic E-state index is 12.3. The van der Waals surface area contributed by atoms with Gasteiger partial charge in [-0.15, -0.1) is 0 Å². The van der Waals surface area contributed by atoms with E-state index in [4.69, 9.17) is 0 Å². The zero-order valence-electron chi connectivity index (χ0n) is 10.3. The molecular formula is C15H15NO. The number of benzene rings is 1.